The van der Waals surface area contributed by atoms with Crippen LogP contribution in [0.25, 0.3) is 5.70 Å². The van der Waals surface area contributed by atoms with Gasteiger partial charge < -0.3 is 4.90 Å². The van der Waals surface area contributed by atoms with Gasteiger partial charge in [-0.3, -0.25) is 0 Å². The van der Waals surface area contributed by atoms with E-state index in [0.29, 0.717) is 12.0 Å². The molecule has 0 N–H and O–H groups in total. The van der Waals surface area contributed by atoms with Gasteiger partial charge in [-0.15, -0.1) is 0 Å². The Balaban J connectivity index is 2.23. The van der Waals surface area contributed by atoms with Crippen molar-refractivity contribution in [2.45, 2.75) is 12.8 Å². The average molecular weight is 270 g/mol. The monoisotopic (exact) mass is 269 g/mol. The number of rotatable bonds is 2. The first-order valence-electron chi connectivity index (χ1n) is 5.12. The van der Waals surface area contributed by atoms with Gasteiger partial charge in [-0.05, 0) is 25.0 Å². The van der Waals surface area contributed by atoms with Crippen molar-refractivity contribution in [1.29, 1.82) is 0 Å². The number of likely N-dealkylation sites (tertiary alicyclic amines) is 1. The predicted octanol–water partition coefficient (Wildman–Crippen LogP) is 3.81. The maximum Gasteiger partial charge on any atom is 0.111 e. The Kier molecular flexibility index (Phi) is 3.41. The van der Waals surface area contributed by atoms with Crippen LogP contribution in [0.2, 0.25) is 0 Å². The summed E-state index contributed by atoms with van der Waals surface area (Å²) < 4.78 is 13.9. The second kappa shape index (κ2) is 4.79. The molecule has 80 valence electrons. The van der Waals surface area contributed by atoms with Gasteiger partial charge in [-0.25, -0.2) is 4.39 Å². The van der Waals surface area contributed by atoms with Crippen molar-refractivity contribution in [3.05, 3.63) is 40.6 Å². The molecule has 0 saturated carbocycles. The molecule has 1 nitrogen and oxygen atoms in total. The Morgan fingerprint density at radius 3 is 2.33 bits per heavy atom. The first-order valence-corrected chi connectivity index (χ1v) is 5.92. The van der Waals surface area contributed by atoms with Gasteiger partial charge in [-0.1, -0.05) is 28.1 Å². The summed E-state index contributed by atoms with van der Waals surface area (Å²) in [7, 11) is 0. The van der Waals surface area contributed by atoms with E-state index >= 15 is 0 Å². The van der Waals surface area contributed by atoms with E-state index < -0.39 is 0 Å². The van der Waals surface area contributed by atoms with Crippen LogP contribution in [0.15, 0.2) is 35.1 Å². The van der Waals surface area contributed by atoms with Gasteiger partial charge >= 0.3 is 0 Å². The van der Waals surface area contributed by atoms with E-state index in [1.807, 2.05) is 24.3 Å². The van der Waals surface area contributed by atoms with E-state index in [9.17, 15) is 4.39 Å². The molecule has 1 saturated heterocycles. The van der Waals surface area contributed by atoms with Crippen LogP contribution in [0.4, 0.5) is 4.39 Å². The van der Waals surface area contributed by atoms with E-state index in [1.54, 1.807) is 0 Å². The summed E-state index contributed by atoms with van der Waals surface area (Å²) in [6.45, 7) is 1.93. The lowest BCUT2D eigenvalue weighted by Gasteiger charge is -2.20. The lowest BCUT2D eigenvalue weighted by atomic mass is 10.1. The maximum atomic E-state index is 12.9. The van der Waals surface area contributed by atoms with Crippen molar-refractivity contribution in [3.63, 3.8) is 0 Å². The molecule has 1 fully saturated rings. The summed E-state index contributed by atoms with van der Waals surface area (Å²) in [5.74, 6) is 0. The van der Waals surface area contributed by atoms with Crippen LogP contribution >= 0.6 is 15.9 Å². The Morgan fingerprint density at radius 2 is 1.80 bits per heavy atom. The Hall–Kier alpha value is -0.830. The molecule has 1 heterocycles. The van der Waals surface area contributed by atoms with Crippen molar-refractivity contribution in [2.24, 2.45) is 0 Å². The van der Waals surface area contributed by atoms with Crippen LogP contribution in [0.1, 0.15) is 18.4 Å². The van der Waals surface area contributed by atoms with E-state index in [4.69, 9.17) is 0 Å². The second-order valence-corrected chi connectivity index (χ2v) is 4.61. The fourth-order valence-electron chi connectivity index (χ4n) is 1.89. The largest absolute Gasteiger partial charge is 0.369 e. The summed E-state index contributed by atoms with van der Waals surface area (Å²) in [6.07, 6.45) is 3.04. The molecular weight excluding hydrogens is 257 g/mol. The Morgan fingerprint density at radius 1 is 1.20 bits per heavy atom. The summed E-state index contributed by atoms with van der Waals surface area (Å²) in [5.41, 5.74) is 1.66. The molecule has 0 bridgehead atoms. The molecule has 2 rings (SSSR count). The Labute approximate surface area is 97.7 Å². The predicted molar refractivity (Wildman–Crippen MR) is 64.0 cm³/mol. The van der Waals surface area contributed by atoms with Gasteiger partial charge in [-0.2, -0.15) is 0 Å². The molecule has 1 aromatic rings. The van der Waals surface area contributed by atoms with Gasteiger partial charge in [0, 0.05) is 23.1 Å². The van der Waals surface area contributed by atoms with Crippen LogP contribution < -0.4 is 0 Å². The molecule has 0 amide bonds. The van der Waals surface area contributed by atoms with Crippen molar-refractivity contribution >= 4 is 21.6 Å². The minimum Gasteiger partial charge on any atom is -0.369 e. The molecule has 1 aliphatic heterocycles. The molecule has 0 atom stereocenters. The fourth-order valence-corrected chi connectivity index (χ4v) is 2.16. The molecule has 0 aromatic heterocycles. The second-order valence-electron chi connectivity index (χ2n) is 3.70. The number of hydrogen-bond donors (Lipinski definition) is 0. The van der Waals surface area contributed by atoms with E-state index in [-0.39, 0.29) is 0 Å². The summed E-state index contributed by atoms with van der Waals surface area (Å²) in [6, 6.07) is 7.76. The lowest BCUT2D eigenvalue weighted by Crippen LogP contribution is -2.17. The summed E-state index contributed by atoms with van der Waals surface area (Å²) >= 11 is 3.37. The van der Waals surface area contributed by atoms with Crippen molar-refractivity contribution in [1.82, 2.24) is 4.90 Å². The van der Waals surface area contributed by atoms with Crippen molar-refractivity contribution < 1.29 is 4.39 Å². The molecular formula is C12H13BrFN. The van der Waals surface area contributed by atoms with Gasteiger partial charge in [0.1, 0.15) is 6.33 Å². The molecule has 1 aliphatic rings. The van der Waals surface area contributed by atoms with Crippen LogP contribution in [-0.2, 0) is 0 Å². The van der Waals surface area contributed by atoms with Gasteiger partial charge in [0.05, 0.1) is 5.70 Å². The van der Waals surface area contributed by atoms with Crippen LogP contribution in [-0.4, -0.2) is 18.0 Å². The van der Waals surface area contributed by atoms with Crippen molar-refractivity contribution in [3.8, 4) is 0 Å². The smallest absolute Gasteiger partial charge is 0.111 e. The SMILES string of the molecule is F/C=C(/c1ccc(Br)cc1)N1CCCC1. The first-order chi connectivity index (χ1) is 7.31. The number of nitrogens with zero attached hydrogens (tertiary/aromatic N) is 1. The third-order valence-corrected chi connectivity index (χ3v) is 3.22. The zero-order chi connectivity index (χ0) is 10.7. The molecule has 3 heteroatoms. The van der Waals surface area contributed by atoms with E-state index in [1.165, 1.54) is 0 Å². The lowest BCUT2D eigenvalue weighted by molar-refractivity contribution is 0.483. The van der Waals surface area contributed by atoms with Gasteiger partial charge in [0.25, 0.3) is 0 Å². The average Bonchev–Trinajstić information content (AvgIpc) is 2.75. The number of benzene rings is 1. The topological polar surface area (TPSA) is 3.24 Å². The number of hydrogen-bond acceptors (Lipinski definition) is 1. The van der Waals surface area contributed by atoms with Crippen LogP contribution in [0.3, 0.4) is 0 Å². The standard InChI is InChI=1S/C12H13BrFN/c13-11-5-3-10(4-6-11)12(9-14)15-7-1-2-8-15/h3-6,9H,1-2,7-8H2/b12-9-. The highest BCUT2D eigenvalue weighted by Gasteiger charge is 2.16. The highest BCUT2D eigenvalue weighted by molar-refractivity contribution is 9.10. The molecule has 1 aromatic carbocycles. The third-order valence-electron chi connectivity index (χ3n) is 2.69. The third kappa shape index (κ3) is 2.40. The fraction of sp³-hybridized carbons (Fsp3) is 0.333. The summed E-state index contributed by atoms with van der Waals surface area (Å²) in [5, 5.41) is 0. The highest BCUT2D eigenvalue weighted by Crippen LogP contribution is 2.25. The van der Waals surface area contributed by atoms with Crippen LogP contribution in [0.5, 0.6) is 0 Å². The minimum atomic E-state index is 0.708. The normalized spacial score (nSPS) is 17.2. The zero-order valence-corrected chi connectivity index (χ0v) is 10.0. The maximum absolute atomic E-state index is 12.9. The molecule has 0 unspecified atom stereocenters. The minimum absolute atomic E-state index is 0.708. The van der Waals surface area contributed by atoms with Crippen LogP contribution in [0, 0.1) is 0 Å². The van der Waals surface area contributed by atoms with E-state index in [0.717, 1.165) is 36.0 Å². The van der Waals surface area contributed by atoms with Gasteiger partial charge in [0.2, 0.25) is 0 Å². The van der Waals surface area contributed by atoms with Gasteiger partial charge in [0.15, 0.2) is 0 Å². The zero-order valence-electron chi connectivity index (χ0n) is 8.42. The van der Waals surface area contributed by atoms with Crippen molar-refractivity contribution in [2.75, 3.05) is 13.1 Å². The molecule has 0 spiro atoms. The Bertz CT molecular complexity index is 352. The molecule has 0 aliphatic carbocycles. The van der Waals surface area contributed by atoms with E-state index in [2.05, 4.69) is 20.8 Å². The molecule has 0 radical (unpaired) electrons. The summed E-state index contributed by atoms with van der Waals surface area (Å²) in [4.78, 5) is 2.10. The molecule has 15 heavy (non-hydrogen) atoms. The number of halogens is 2. The first kappa shape index (κ1) is 10.7. The highest BCUT2D eigenvalue weighted by atomic mass is 79.9. The quantitative estimate of drug-likeness (QED) is 0.789.